The molecule has 4 aromatic rings. The zero-order valence-corrected chi connectivity index (χ0v) is 40.4. The van der Waals surface area contributed by atoms with Gasteiger partial charge in [-0.3, -0.25) is 23.8 Å². The van der Waals surface area contributed by atoms with Gasteiger partial charge < -0.3 is 4.84 Å². The number of amides is 1. The van der Waals surface area contributed by atoms with Crippen molar-refractivity contribution in [3.05, 3.63) is 100 Å². The van der Waals surface area contributed by atoms with Gasteiger partial charge in [-0.05, 0) is 80.6 Å². The van der Waals surface area contributed by atoms with E-state index in [1.54, 1.807) is 45.3 Å². The first-order valence-corrected chi connectivity index (χ1v) is 21.6. The average Bonchev–Trinajstić information content (AvgIpc) is 3.69. The van der Waals surface area contributed by atoms with Gasteiger partial charge in [-0.25, -0.2) is 18.2 Å². The molecule has 0 bridgehead atoms. The van der Waals surface area contributed by atoms with E-state index in [1.807, 2.05) is 6.92 Å². The molecule has 0 aliphatic rings. The minimum atomic E-state index is -2.77. The number of aryl methyl sites for hydroxylation is 2. The van der Waals surface area contributed by atoms with Gasteiger partial charge >= 0.3 is 0 Å². The monoisotopic (exact) mass is 1170 g/mol. The van der Waals surface area contributed by atoms with Crippen LogP contribution in [0.5, 0.6) is 0 Å². The van der Waals surface area contributed by atoms with Crippen LogP contribution in [0.3, 0.4) is 0 Å². The van der Waals surface area contributed by atoms with E-state index in [0.29, 0.717) is 48.5 Å². The van der Waals surface area contributed by atoms with Gasteiger partial charge in [0.1, 0.15) is 11.9 Å². The fourth-order valence-corrected chi connectivity index (χ4v) is 6.90. The van der Waals surface area contributed by atoms with Gasteiger partial charge in [0.2, 0.25) is 0 Å². The van der Waals surface area contributed by atoms with Gasteiger partial charge in [0.15, 0.2) is 5.69 Å². The van der Waals surface area contributed by atoms with Gasteiger partial charge in [0, 0.05) is 68.2 Å². The van der Waals surface area contributed by atoms with Crippen LogP contribution in [-0.2, 0) is 36.6 Å². The summed E-state index contributed by atoms with van der Waals surface area (Å²) in [6.45, 7) is 5.09. The van der Waals surface area contributed by atoms with Gasteiger partial charge in [0.05, 0.1) is 28.3 Å². The average molecular weight is 1170 g/mol. The summed E-state index contributed by atoms with van der Waals surface area (Å²) < 4.78 is 41.7. The lowest BCUT2D eigenvalue weighted by molar-refractivity contribution is -0.119. The summed E-state index contributed by atoms with van der Waals surface area (Å²) in [6, 6.07) is 6.22. The van der Waals surface area contributed by atoms with Crippen molar-refractivity contribution in [2.75, 3.05) is 16.7 Å². The Morgan fingerprint density at radius 3 is 1.63 bits per heavy atom. The fraction of sp³-hybridized carbons (Fsp3) is 0.429. The number of halogens is 12. The molecule has 0 spiro atoms. The maximum absolute atomic E-state index is 13.8. The third-order valence-electron chi connectivity index (χ3n) is 7.10. The minimum absolute atomic E-state index is 0. The van der Waals surface area contributed by atoms with Crippen LogP contribution in [0.2, 0.25) is 30.1 Å². The lowest BCUT2D eigenvalue weighted by Gasteiger charge is -2.27. The third-order valence-corrected chi connectivity index (χ3v) is 9.09. The van der Waals surface area contributed by atoms with E-state index in [2.05, 4.69) is 60.9 Å². The largest absolute Gasteiger partial charge is 0.305 e. The number of hydroxylamine groups is 3. The number of hydrogen-bond acceptors (Lipinski definition) is 7. The van der Waals surface area contributed by atoms with Crippen LogP contribution in [0.15, 0.2) is 36.7 Å². The molecule has 0 radical (unpaired) electrons. The summed E-state index contributed by atoms with van der Waals surface area (Å²) in [7, 11) is 5.99. The molecule has 1 unspecified atom stereocenters. The van der Waals surface area contributed by atoms with Gasteiger partial charge in [0.25, 0.3) is 17.6 Å². The molecule has 0 fully saturated rings. The van der Waals surface area contributed by atoms with Crippen molar-refractivity contribution in [2.45, 2.75) is 65.7 Å². The molecule has 2 aromatic carbocycles. The maximum Gasteiger partial charge on any atom is 0.298 e. The molecule has 57 heavy (non-hydrogen) atoms. The first-order valence-electron chi connectivity index (χ1n) is 15.9. The van der Waals surface area contributed by atoms with Crippen molar-refractivity contribution in [3.63, 3.8) is 0 Å². The van der Waals surface area contributed by atoms with Crippen molar-refractivity contribution < 1.29 is 32.4 Å². The first kappa shape index (κ1) is 56.2. The molecule has 10 nitrogen and oxygen atoms in total. The molecule has 0 aliphatic carbocycles. The number of carbonyl (C=O) groups is 2. The van der Waals surface area contributed by atoms with Crippen LogP contribution in [-0.4, -0.2) is 64.5 Å². The lowest BCUT2D eigenvalue weighted by Crippen LogP contribution is -2.39. The predicted octanol–water partition coefficient (Wildman–Crippen LogP) is 13.0. The summed E-state index contributed by atoms with van der Waals surface area (Å²) in [4.78, 5) is 33.5. The number of rotatable bonds is 12. The van der Waals surface area contributed by atoms with Crippen molar-refractivity contribution >= 4 is 138 Å². The smallest absolute Gasteiger partial charge is 0.298 e. The second-order valence-electron chi connectivity index (χ2n) is 11.5. The molecule has 0 aliphatic heterocycles. The Labute approximate surface area is 393 Å². The van der Waals surface area contributed by atoms with Gasteiger partial charge in [-0.2, -0.15) is 15.7 Å². The van der Waals surface area contributed by atoms with Gasteiger partial charge in [-0.15, -0.1) is 0 Å². The summed E-state index contributed by atoms with van der Waals surface area (Å²) in [5.74, 6) is -0.540. The number of hydrogen-bond donors (Lipinski definition) is 1. The molecule has 0 saturated carbocycles. The Morgan fingerprint density at radius 1 is 0.825 bits per heavy atom. The molecular weight excluding hydrogens is 1130 g/mol. The summed E-state index contributed by atoms with van der Waals surface area (Å²) >= 11 is 45.8. The normalized spacial score (nSPS) is 12.1. The van der Waals surface area contributed by atoms with Gasteiger partial charge in [-0.1, -0.05) is 122 Å². The van der Waals surface area contributed by atoms with E-state index in [1.165, 1.54) is 34.4 Å². The standard InChI is InChI=1S/C17H19Cl3FN3O2.C10H12Cl3NO.C6H5ClF2N2O.CH2I2.CH4/c1-9(5-12-14(19)6-11(18)7-15(12)20)24(26-4)17(25)16-13(10(2)21)8-23(3)22-16;1-6(14-15-2)3-8-9(12)4-7(11)5-10(8)13;1-11-2-3(5(7)12)4(10-11)6(8)9;2-1-3;/h6-10H,5H2,1-4H3;4-6,14H,3H2,1-2H3;2,6H,1H3;1H2;1H4/t9-,10?;6-;;;/m00.../s1. The number of aromatic nitrogens is 4. The maximum atomic E-state index is 13.8. The molecule has 2 heterocycles. The second kappa shape index (κ2) is 27.9. The van der Waals surface area contributed by atoms with E-state index in [-0.39, 0.29) is 30.3 Å². The Bertz CT molecular complexity index is 1850. The molecule has 320 valence electrons. The van der Waals surface area contributed by atoms with Crippen molar-refractivity contribution in [1.82, 2.24) is 30.1 Å². The quantitative estimate of drug-likeness (QED) is 0.0652. The molecule has 0 saturated heterocycles. The van der Waals surface area contributed by atoms with Crippen LogP contribution in [0, 0.1) is 0 Å². The minimum Gasteiger partial charge on any atom is -0.305 e. The number of alkyl halides is 5. The van der Waals surface area contributed by atoms with E-state index in [0.717, 1.165) is 21.5 Å². The van der Waals surface area contributed by atoms with Crippen molar-refractivity contribution in [1.29, 1.82) is 0 Å². The predicted molar refractivity (Wildman–Crippen MR) is 243 cm³/mol. The summed E-state index contributed by atoms with van der Waals surface area (Å²) in [5, 5.41) is 10.6. The van der Waals surface area contributed by atoms with Crippen LogP contribution in [0.25, 0.3) is 0 Å². The molecule has 1 N–H and O–H groups in total. The van der Waals surface area contributed by atoms with E-state index in [9.17, 15) is 22.8 Å². The van der Waals surface area contributed by atoms with E-state index in [4.69, 9.17) is 90.9 Å². The highest BCUT2D eigenvalue weighted by molar-refractivity contribution is 14.2. The molecule has 2 aromatic heterocycles. The third kappa shape index (κ3) is 18.4. The number of nitrogens with one attached hydrogen (secondary N) is 1. The first-order chi connectivity index (χ1) is 26.1. The second-order valence-corrected chi connectivity index (χ2v) is 18.8. The Kier molecular flexibility index (Phi) is 27.5. The lowest BCUT2D eigenvalue weighted by atomic mass is 10.1. The topological polar surface area (TPSA) is 104 Å². The van der Waals surface area contributed by atoms with E-state index < -0.39 is 35.5 Å². The highest BCUT2D eigenvalue weighted by Gasteiger charge is 2.29. The Morgan fingerprint density at radius 2 is 1.26 bits per heavy atom. The molecule has 4 rings (SSSR count). The number of benzene rings is 2. The van der Waals surface area contributed by atoms with Crippen LogP contribution >= 0.6 is 126 Å². The number of carbonyl (C=O) groups excluding carboxylic acids is 2. The molecule has 3 atom stereocenters. The van der Waals surface area contributed by atoms with Crippen LogP contribution in [0.1, 0.15) is 84.0 Å². The SMILES string of the molecule is C.CON(C(=O)c1nn(C)cc1C(C)F)[C@@H](C)Cc1c(Cl)cc(Cl)cc1Cl.CON[C@@H](C)Cc1c(Cl)cc(Cl)cc1Cl.Cn1cc(C(=O)Cl)c(C(F)F)n1.ICI. The number of nitrogens with zero attached hydrogens (tertiary/aromatic N) is 5. The molecular formula is C35H42Cl7F3I2N6O4. The summed E-state index contributed by atoms with van der Waals surface area (Å²) in [6.07, 6.45) is -0.467. The van der Waals surface area contributed by atoms with E-state index >= 15 is 0 Å². The molecule has 22 heteroatoms. The molecule has 1 amide bonds. The van der Waals surface area contributed by atoms with Crippen molar-refractivity contribution in [3.8, 4) is 0 Å². The highest BCUT2D eigenvalue weighted by atomic mass is 127. The summed E-state index contributed by atoms with van der Waals surface area (Å²) in [5.41, 5.74) is 3.72. The van der Waals surface area contributed by atoms with Crippen molar-refractivity contribution in [2.24, 2.45) is 14.1 Å². The zero-order valence-electron chi connectivity index (χ0n) is 30.8. The van der Waals surface area contributed by atoms with Crippen LogP contribution < -0.4 is 5.48 Å². The highest BCUT2D eigenvalue weighted by Crippen LogP contribution is 2.32. The Hall–Kier alpha value is -0.840. The zero-order chi connectivity index (χ0) is 43.0. The Balaban J connectivity index is 0.000000858. The fourth-order valence-electron chi connectivity index (χ4n) is 4.81. The van der Waals surface area contributed by atoms with Crippen LogP contribution in [0.4, 0.5) is 13.2 Å².